The lowest BCUT2D eigenvalue weighted by Gasteiger charge is -2.23. The molecule has 0 saturated heterocycles. The van der Waals surface area contributed by atoms with Crippen LogP contribution in [0.2, 0.25) is 10.0 Å². The summed E-state index contributed by atoms with van der Waals surface area (Å²) in [6.07, 6.45) is 0. The fourth-order valence-electron chi connectivity index (χ4n) is 2.19. The van der Waals surface area contributed by atoms with Crippen molar-refractivity contribution in [2.75, 3.05) is 5.32 Å². The van der Waals surface area contributed by atoms with Gasteiger partial charge in [0.2, 0.25) is 11.8 Å². The number of hydrogen-bond donors (Lipinski definition) is 2. The van der Waals surface area contributed by atoms with E-state index in [-0.39, 0.29) is 10.9 Å². The van der Waals surface area contributed by atoms with Gasteiger partial charge in [0.25, 0.3) is 0 Å². The molecule has 0 fully saturated rings. The first-order valence-electron chi connectivity index (χ1n) is 7.81. The number of benzene rings is 2. The first-order chi connectivity index (χ1) is 11.7. The minimum Gasteiger partial charge on any atom is -0.351 e. The molecular formula is C19H20Cl2N2O2. The van der Waals surface area contributed by atoms with Crippen molar-refractivity contribution >= 4 is 40.7 Å². The van der Waals surface area contributed by atoms with Crippen LogP contribution in [0.4, 0.5) is 5.69 Å². The van der Waals surface area contributed by atoms with Crippen molar-refractivity contribution in [3.05, 3.63) is 63.6 Å². The predicted octanol–water partition coefficient (Wildman–Crippen LogP) is 4.58. The molecule has 2 rings (SSSR count). The van der Waals surface area contributed by atoms with Crippen LogP contribution in [0.15, 0.2) is 42.5 Å². The minimum absolute atomic E-state index is 0.244. The maximum absolute atomic E-state index is 12.5. The molecule has 25 heavy (non-hydrogen) atoms. The van der Waals surface area contributed by atoms with Gasteiger partial charge >= 0.3 is 0 Å². The Bertz CT molecular complexity index is 804. The molecule has 0 radical (unpaired) electrons. The van der Waals surface area contributed by atoms with Crippen LogP contribution in [0.1, 0.15) is 25.0 Å². The highest BCUT2D eigenvalue weighted by Crippen LogP contribution is 2.31. The number of aryl methyl sites for hydroxylation is 1. The summed E-state index contributed by atoms with van der Waals surface area (Å²) < 4.78 is 0. The lowest BCUT2D eigenvalue weighted by atomic mass is 9.90. The Morgan fingerprint density at radius 2 is 1.68 bits per heavy atom. The average Bonchev–Trinajstić information content (AvgIpc) is 2.57. The van der Waals surface area contributed by atoms with Gasteiger partial charge in [-0.15, -0.1) is 0 Å². The second kappa shape index (κ2) is 7.89. The normalized spacial score (nSPS) is 11.1. The Kier molecular flexibility index (Phi) is 6.09. The highest BCUT2D eigenvalue weighted by Gasteiger charge is 2.36. The number of anilines is 1. The summed E-state index contributed by atoms with van der Waals surface area (Å²) in [5, 5.41) is 6.06. The van der Waals surface area contributed by atoms with Crippen LogP contribution >= 0.6 is 23.2 Å². The fourth-order valence-corrected chi connectivity index (χ4v) is 2.53. The van der Waals surface area contributed by atoms with Gasteiger partial charge in [0.05, 0.1) is 15.7 Å². The smallest absolute Gasteiger partial charge is 0.239 e. The van der Waals surface area contributed by atoms with Crippen LogP contribution in [0.25, 0.3) is 0 Å². The summed E-state index contributed by atoms with van der Waals surface area (Å²) in [5.74, 6) is -0.828. The number of halogens is 2. The molecule has 2 aromatic rings. The maximum atomic E-state index is 12.5. The molecule has 0 unspecified atom stereocenters. The molecule has 0 aromatic heterocycles. The molecule has 0 aliphatic heterocycles. The minimum atomic E-state index is -1.27. The van der Waals surface area contributed by atoms with E-state index in [1.807, 2.05) is 31.2 Å². The van der Waals surface area contributed by atoms with E-state index in [0.29, 0.717) is 17.3 Å². The average molecular weight is 379 g/mol. The molecule has 2 N–H and O–H groups in total. The summed E-state index contributed by atoms with van der Waals surface area (Å²) in [4.78, 5) is 25.0. The van der Waals surface area contributed by atoms with Crippen LogP contribution in [-0.2, 0) is 16.1 Å². The lowest BCUT2D eigenvalue weighted by Crippen LogP contribution is -2.45. The van der Waals surface area contributed by atoms with Gasteiger partial charge in [0, 0.05) is 6.54 Å². The highest BCUT2D eigenvalue weighted by atomic mass is 35.5. The Morgan fingerprint density at radius 3 is 2.36 bits per heavy atom. The monoisotopic (exact) mass is 378 g/mol. The molecule has 132 valence electrons. The zero-order valence-electron chi connectivity index (χ0n) is 14.3. The summed E-state index contributed by atoms with van der Waals surface area (Å²) in [6.45, 7) is 5.46. The summed E-state index contributed by atoms with van der Waals surface area (Å²) in [6, 6.07) is 12.7. The first-order valence-corrected chi connectivity index (χ1v) is 8.57. The lowest BCUT2D eigenvalue weighted by molar-refractivity contribution is -0.138. The van der Waals surface area contributed by atoms with Gasteiger partial charge in [0.1, 0.15) is 5.41 Å². The van der Waals surface area contributed by atoms with Crippen molar-refractivity contribution in [3.63, 3.8) is 0 Å². The third-order valence-electron chi connectivity index (χ3n) is 4.04. The fraction of sp³-hybridized carbons (Fsp3) is 0.263. The molecule has 0 heterocycles. The van der Waals surface area contributed by atoms with Crippen LogP contribution in [-0.4, -0.2) is 11.8 Å². The van der Waals surface area contributed by atoms with Crippen molar-refractivity contribution in [1.29, 1.82) is 0 Å². The highest BCUT2D eigenvalue weighted by molar-refractivity contribution is 6.44. The van der Waals surface area contributed by atoms with Gasteiger partial charge in [-0.05, 0) is 44.0 Å². The van der Waals surface area contributed by atoms with E-state index in [1.165, 1.54) is 0 Å². The van der Waals surface area contributed by atoms with Crippen LogP contribution < -0.4 is 10.6 Å². The summed E-state index contributed by atoms with van der Waals surface area (Å²) in [7, 11) is 0. The second-order valence-electron chi connectivity index (χ2n) is 6.29. The Labute approximate surface area is 157 Å². The molecular weight excluding hydrogens is 359 g/mol. The van der Waals surface area contributed by atoms with Gasteiger partial charge < -0.3 is 10.6 Å². The molecule has 2 aromatic carbocycles. The number of nitrogens with one attached hydrogen (secondary N) is 2. The third kappa shape index (κ3) is 4.53. The topological polar surface area (TPSA) is 58.2 Å². The van der Waals surface area contributed by atoms with Gasteiger partial charge in [-0.25, -0.2) is 0 Å². The quantitative estimate of drug-likeness (QED) is 0.747. The van der Waals surface area contributed by atoms with E-state index in [2.05, 4.69) is 10.6 Å². The molecule has 0 atom stereocenters. The van der Waals surface area contributed by atoms with E-state index >= 15 is 0 Å². The molecule has 0 saturated carbocycles. The molecule has 0 bridgehead atoms. The second-order valence-corrected chi connectivity index (χ2v) is 7.07. The standard InChI is InChI=1S/C19H20Cl2N2O2/c1-12-7-4-5-8-13(12)11-22-17(24)19(2,3)18(25)23-15-10-6-9-14(20)16(15)21/h4-10H,11H2,1-3H3,(H,22,24)(H,23,25). The van der Waals surface area contributed by atoms with Gasteiger partial charge in [0.15, 0.2) is 0 Å². The summed E-state index contributed by atoms with van der Waals surface area (Å²) >= 11 is 12.0. The zero-order chi connectivity index (χ0) is 18.6. The number of amides is 2. The van der Waals surface area contributed by atoms with Gasteiger partial charge in [-0.3, -0.25) is 9.59 Å². The van der Waals surface area contributed by atoms with Crippen LogP contribution in [0, 0.1) is 12.3 Å². The van der Waals surface area contributed by atoms with E-state index in [4.69, 9.17) is 23.2 Å². The van der Waals surface area contributed by atoms with Crippen molar-refractivity contribution in [3.8, 4) is 0 Å². The molecule has 4 nitrogen and oxygen atoms in total. The largest absolute Gasteiger partial charge is 0.351 e. The maximum Gasteiger partial charge on any atom is 0.239 e. The third-order valence-corrected chi connectivity index (χ3v) is 4.85. The molecule has 0 spiro atoms. The molecule has 2 amide bonds. The number of hydrogen-bond acceptors (Lipinski definition) is 2. The SMILES string of the molecule is Cc1ccccc1CNC(=O)C(C)(C)C(=O)Nc1cccc(Cl)c1Cl. The van der Waals surface area contributed by atoms with Crippen LogP contribution in [0.3, 0.4) is 0 Å². The van der Waals surface area contributed by atoms with Crippen molar-refractivity contribution < 1.29 is 9.59 Å². The van der Waals surface area contributed by atoms with Gasteiger partial charge in [-0.1, -0.05) is 53.5 Å². The van der Waals surface area contributed by atoms with Crippen LogP contribution in [0.5, 0.6) is 0 Å². The molecule has 0 aliphatic carbocycles. The Balaban J connectivity index is 2.06. The van der Waals surface area contributed by atoms with E-state index < -0.39 is 11.3 Å². The first kappa shape index (κ1) is 19.3. The predicted molar refractivity (Wildman–Crippen MR) is 102 cm³/mol. The summed E-state index contributed by atoms with van der Waals surface area (Å²) in [5.41, 5.74) is 1.19. The number of carbonyl (C=O) groups is 2. The Morgan fingerprint density at radius 1 is 1.00 bits per heavy atom. The van der Waals surface area contributed by atoms with E-state index in [9.17, 15) is 9.59 Å². The van der Waals surface area contributed by atoms with E-state index in [1.54, 1.807) is 32.0 Å². The molecule has 0 aliphatic rings. The van der Waals surface area contributed by atoms with Crippen molar-refractivity contribution in [2.24, 2.45) is 5.41 Å². The van der Waals surface area contributed by atoms with Gasteiger partial charge in [-0.2, -0.15) is 0 Å². The number of carbonyl (C=O) groups excluding carboxylic acids is 2. The molecule has 6 heteroatoms. The van der Waals surface area contributed by atoms with Crippen molar-refractivity contribution in [2.45, 2.75) is 27.3 Å². The zero-order valence-corrected chi connectivity index (χ0v) is 15.8. The Hall–Kier alpha value is -2.04. The van der Waals surface area contributed by atoms with E-state index in [0.717, 1.165) is 11.1 Å². The van der Waals surface area contributed by atoms with Crippen molar-refractivity contribution in [1.82, 2.24) is 5.32 Å². The number of rotatable bonds is 5.